The quantitative estimate of drug-likeness (QED) is 0.786. The SMILES string of the molecule is Cc1cc(O[C@H](C)C(=O)NCc2ccc(N3CCCC3)cc2)cc(C)c1Cl. The summed E-state index contributed by atoms with van der Waals surface area (Å²) in [6, 6.07) is 12.1. The van der Waals surface area contributed by atoms with Crippen LogP contribution >= 0.6 is 11.6 Å². The second-order valence-electron chi connectivity index (χ2n) is 7.21. The lowest BCUT2D eigenvalue weighted by atomic mass is 10.1. The van der Waals surface area contributed by atoms with Gasteiger partial charge in [-0.1, -0.05) is 23.7 Å². The predicted octanol–water partition coefficient (Wildman–Crippen LogP) is 4.64. The molecular weight excluding hydrogens is 360 g/mol. The monoisotopic (exact) mass is 386 g/mol. The molecule has 2 aromatic rings. The number of hydrogen-bond acceptors (Lipinski definition) is 3. The number of amides is 1. The molecule has 0 aromatic heterocycles. The molecule has 5 heteroatoms. The van der Waals surface area contributed by atoms with Crippen LogP contribution in [0.5, 0.6) is 5.75 Å². The molecule has 1 atom stereocenters. The summed E-state index contributed by atoms with van der Waals surface area (Å²) in [5.74, 6) is 0.524. The fourth-order valence-electron chi connectivity index (χ4n) is 3.36. The third-order valence-corrected chi connectivity index (χ3v) is 5.56. The van der Waals surface area contributed by atoms with Crippen molar-refractivity contribution in [2.75, 3.05) is 18.0 Å². The molecule has 1 aliphatic rings. The Morgan fingerprint density at radius 1 is 1.15 bits per heavy atom. The number of hydrogen-bond donors (Lipinski definition) is 1. The minimum Gasteiger partial charge on any atom is -0.481 e. The van der Waals surface area contributed by atoms with Crippen LogP contribution in [0.2, 0.25) is 5.02 Å². The molecule has 0 radical (unpaired) electrons. The Bertz CT molecular complexity index is 775. The van der Waals surface area contributed by atoms with Crippen LogP contribution in [0.25, 0.3) is 0 Å². The number of aryl methyl sites for hydroxylation is 2. The van der Waals surface area contributed by atoms with Gasteiger partial charge in [0.05, 0.1) is 0 Å². The minimum absolute atomic E-state index is 0.135. The van der Waals surface area contributed by atoms with Gasteiger partial charge in [-0.3, -0.25) is 4.79 Å². The molecule has 4 nitrogen and oxygen atoms in total. The van der Waals surface area contributed by atoms with Gasteiger partial charge in [0.1, 0.15) is 5.75 Å². The van der Waals surface area contributed by atoms with E-state index in [4.69, 9.17) is 16.3 Å². The van der Waals surface area contributed by atoms with Crippen molar-refractivity contribution in [2.45, 2.75) is 46.3 Å². The first-order chi connectivity index (χ1) is 12.9. The van der Waals surface area contributed by atoms with Crippen molar-refractivity contribution in [1.82, 2.24) is 5.32 Å². The highest BCUT2D eigenvalue weighted by Crippen LogP contribution is 2.26. The summed E-state index contributed by atoms with van der Waals surface area (Å²) in [5.41, 5.74) is 4.22. The van der Waals surface area contributed by atoms with Gasteiger partial charge in [-0.05, 0) is 74.6 Å². The van der Waals surface area contributed by atoms with Gasteiger partial charge in [-0.2, -0.15) is 0 Å². The third-order valence-electron chi connectivity index (χ3n) is 4.97. The normalized spacial score (nSPS) is 14.9. The van der Waals surface area contributed by atoms with E-state index >= 15 is 0 Å². The maximum absolute atomic E-state index is 12.4. The molecule has 0 saturated carbocycles. The average Bonchev–Trinajstić information content (AvgIpc) is 3.19. The standard InChI is InChI=1S/C22H27ClN2O2/c1-15-12-20(13-16(2)21(15)23)27-17(3)22(26)24-14-18-6-8-19(9-7-18)25-10-4-5-11-25/h6-9,12-13,17H,4-5,10-11,14H2,1-3H3,(H,24,26)/t17-/m1/s1. The first kappa shape index (κ1) is 19.6. The second-order valence-corrected chi connectivity index (χ2v) is 7.59. The summed E-state index contributed by atoms with van der Waals surface area (Å²) in [5, 5.41) is 3.68. The van der Waals surface area contributed by atoms with Gasteiger partial charge in [0.15, 0.2) is 6.10 Å². The van der Waals surface area contributed by atoms with E-state index < -0.39 is 6.10 Å². The number of nitrogens with zero attached hydrogens (tertiary/aromatic N) is 1. The first-order valence-electron chi connectivity index (χ1n) is 9.49. The van der Waals surface area contributed by atoms with Crippen LogP contribution in [0, 0.1) is 13.8 Å². The molecule has 0 unspecified atom stereocenters. The predicted molar refractivity (Wildman–Crippen MR) is 111 cm³/mol. The van der Waals surface area contributed by atoms with Gasteiger partial charge in [0.25, 0.3) is 5.91 Å². The van der Waals surface area contributed by atoms with Gasteiger partial charge in [0, 0.05) is 30.3 Å². The van der Waals surface area contributed by atoms with Gasteiger partial charge < -0.3 is 15.0 Å². The topological polar surface area (TPSA) is 41.6 Å². The van der Waals surface area contributed by atoms with E-state index in [1.165, 1.54) is 18.5 Å². The molecule has 27 heavy (non-hydrogen) atoms. The summed E-state index contributed by atoms with van der Waals surface area (Å²) in [4.78, 5) is 14.8. The number of halogens is 1. The zero-order valence-corrected chi connectivity index (χ0v) is 17.0. The molecule has 1 amide bonds. The summed E-state index contributed by atoms with van der Waals surface area (Å²) in [6.45, 7) is 8.37. The van der Waals surface area contributed by atoms with Crippen LogP contribution in [0.1, 0.15) is 36.5 Å². The van der Waals surface area contributed by atoms with Crippen LogP contribution in [-0.2, 0) is 11.3 Å². The largest absolute Gasteiger partial charge is 0.481 e. The zero-order valence-electron chi connectivity index (χ0n) is 16.2. The van der Waals surface area contributed by atoms with Crippen molar-refractivity contribution in [2.24, 2.45) is 0 Å². The minimum atomic E-state index is -0.575. The number of nitrogens with one attached hydrogen (secondary N) is 1. The summed E-state index contributed by atoms with van der Waals surface area (Å²) >= 11 is 6.18. The maximum Gasteiger partial charge on any atom is 0.261 e. The van der Waals surface area contributed by atoms with E-state index in [-0.39, 0.29) is 5.91 Å². The third kappa shape index (κ3) is 4.95. The van der Waals surface area contributed by atoms with E-state index in [0.717, 1.165) is 34.8 Å². The van der Waals surface area contributed by atoms with E-state index in [1.807, 2.05) is 26.0 Å². The first-order valence-corrected chi connectivity index (χ1v) is 9.87. The lowest BCUT2D eigenvalue weighted by molar-refractivity contribution is -0.127. The van der Waals surface area contributed by atoms with Crippen molar-refractivity contribution in [1.29, 1.82) is 0 Å². The van der Waals surface area contributed by atoms with E-state index in [2.05, 4.69) is 34.5 Å². The summed E-state index contributed by atoms with van der Waals surface area (Å²) in [6.07, 6.45) is 1.96. The highest BCUT2D eigenvalue weighted by molar-refractivity contribution is 6.32. The van der Waals surface area contributed by atoms with E-state index in [9.17, 15) is 4.79 Å². The smallest absolute Gasteiger partial charge is 0.261 e. The van der Waals surface area contributed by atoms with Gasteiger partial charge in [-0.15, -0.1) is 0 Å². The number of anilines is 1. The Labute approximate surface area is 166 Å². The van der Waals surface area contributed by atoms with Gasteiger partial charge in [0.2, 0.25) is 0 Å². The number of ether oxygens (including phenoxy) is 1. The summed E-state index contributed by atoms with van der Waals surface area (Å²) < 4.78 is 5.79. The molecule has 0 bridgehead atoms. The van der Waals surface area contributed by atoms with Crippen molar-refractivity contribution in [3.05, 3.63) is 58.1 Å². The van der Waals surface area contributed by atoms with Crippen LogP contribution in [0.3, 0.4) is 0 Å². The Hall–Kier alpha value is -2.20. The average molecular weight is 387 g/mol. The number of benzene rings is 2. The van der Waals surface area contributed by atoms with Gasteiger partial charge in [-0.25, -0.2) is 0 Å². The van der Waals surface area contributed by atoms with Crippen molar-refractivity contribution < 1.29 is 9.53 Å². The molecule has 144 valence electrons. The lowest BCUT2D eigenvalue weighted by Gasteiger charge is -2.18. The molecule has 1 fully saturated rings. The summed E-state index contributed by atoms with van der Waals surface area (Å²) in [7, 11) is 0. The molecule has 1 N–H and O–H groups in total. The van der Waals surface area contributed by atoms with E-state index in [1.54, 1.807) is 6.92 Å². The van der Waals surface area contributed by atoms with Crippen molar-refractivity contribution >= 4 is 23.2 Å². The van der Waals surface area contributed by atoms with Crippen LogP contribution in [0.15, 0.2) is 36.4 Å². The number of rotatable bonds is 6. The molecule has 1 aliphatic heterocycles. The number of carbonyl (C=O) groups excluding carboxylic acids is 1. The fraction of sp³-hybridized carbons (Fsp3) is 0.409. The molecule has 1 heterocycles. The Morgan fingerprint density at radius 2 is 1.74 bits per heavy atom. The maximum atomic E-state index is 12.4. The Balaban J connectivity index is 1.52. The Kier molecular flexibility index (Phi) is 6.27. The number of carbonyl (C=O) groups is 1. The molecule has 1 saturated heterocycles. The highest BCUT2D eigenvalue weighted by Gasteiger charge is 2.16. The molecule has 2 aromatic carbocycles. The molecule has 0 spiro atoms. The van der Waals surface area contributed by atoms with Crippen LogP contribution < -0.4 is 15.0 Å². The fourth-order valence-corrected chi connectivity index (χ4v) is 3.47. The molecule has 0 aliphatic carbocycles. The van der Waals surface area contributed by atoms with Gasteiger partial charge >= 0.3 is 0 Å². The van der Waals surface area contributed by atoms with E-state index in [0.29, 0.717) is 12.3 Å². The zero-order chi connectivity index (χ0) is 19.4. The van der Waals surface area contributed by atoms with Crippen molar-refractivity contribution in [3.63, 3.8) is 0 Å². The highest BCUT2D eigenvalue weighted by atomic mass is 35.5. The molecule has 3 rings (SSSR count). The van der Waals surface area contributed by atoms with Crippen molar-refractivity contribution in [3.8, 4) is 5.75 Å². The van der Waals surface area contributed by atoms with Crippen LogP contribution in [0.4, 0.5) is 5.69 Å². The second kappa shape index (κ2) is 8.66. The Morgan fingerprint density at radius 3 is 2.33 bits per heavy atom. The van der Waals surface area contributed by atoms with Crippen LogP contribution in [-0.4, -0.2) is 25.1 Å². The molecular formula is C22H27ClN2O2. The lowest BCUT2D eigenvalue weighted by Crippen LogP contribution is -2.35.